The van der Waals surface area contributed by atoms with E-state index in [0.717, 1.165) is 30.2 Å². The molecule has 0 saturated carbocycles. The molecule has 1 saturated heterocycles. The molecule has 1 aliphatic rings. The normalized spacial score (nSPS) is 14.4. The summed E-state index contributed by atoms with van der Waals surface area (Å²) in [7, 11) is 1.22. The Kier molecular flexibility index (Phi) is 9.28. The number of thiophene rings is 1. The zero-order chi connectivity index (χ0) is 32.4. The summed E-state index contributed by atoms with van der Waals surface area (Å²) in [5.41, 5.74) is -0.00823. The van der Waals surface area contributed by atoms with E-state index < -0.39 is 29.9 Å². The highest BCUT2D eigenvalue weighted by Gasteiger charge is 2.33. The van der Waals surface area contributed by atoms with Crippen LogP contribution in [0, 0.1) is 5.92 Å². The molecule has 9 nitrogen and oxygen atoms in total. The number of methoxy groups -OCH3 is 1. The minimum Gasteiger partial charge on any atom is -0.493 e. The number of hydrogen-bond acceptors (Lipinski definition) is 8. The van der Waals surface area contributed by atoms with Crippen LogP contribution in [0.25, 0.3) is 16.0 Å². The van der Waals surface area contributed by atoms with E-state index in [1.165, 1.54) is 25.3 Å². The first-order valence-electron chi connectivity index (χ1n) is 14.4. The highest BCUT2D eigenvalue weighted by molar-refractivity contribution is 7.16. The Morgan fingerprint density at radius 2 is 1.76 bits per heavy atom. The molecule has 0 radical (unpaired) electrons. The monoisotopic (exact) mass is 645 g/mol. The largest absolute Gasteiger partial charge is 0.493 e. The third-order valence-electron chi connectivity index (χ3n) is 7.27. The maximum atomic E-state index is 13.5. The maximum absolute atomic E-state index is 13.5. The molecule has 45 heavy (non-hydrogen) atoms. The lowest BCUT2D eigenvalue weighted by atomic mass is 9.98. The minimum atomic E-state index is -4.54. The van der Waals surface area contributed by atoms with Crippen LogP contribution in [0.2, 0.25) is 0 Å². The Morgan fingerprint density at radius 3 is 2.44 bits per heavy atom. The Hall–Kier alpha value is -4.26. The van der Waals surface area contributed by atoms with Crippen molar-refractivity contribution in [2.45, 2.75) is 52.0 Å². The van der Waals surface area contributed by atoms with Gasteiger partial charge in [0, 0.05) is 30.8 Å². The van der Waals surface area contributed by atoms with Gasteiger partial charge in [0.25, 0.3) is 0 Å². The number of nitrogens with zero attached hydrogens (tertiary/aromatic N) is 3. The van der Waals surface area contributed by atoms with Crippen molar-refractivity contribution in [3.8, 4) is 16.5 Å². The Bertz CT molecular complexity index is 1670. The molecular weight excluding hydrogens is 611 g/mol. The number of esters is 1. The van der Waals surface area contributed by atoms with Gasteiger partial charge in [-0.15, -0.1) is 11.3 Å². The van der Waals surface area contributed by atoms with Gasteiger partial charge in [-0.1, -0.05) is 18.2 Å². The first-order chi connectivity index (χ1) is 21.3. The highest BCUT2D eigenvalue weighted by Crippen LogP contribution is 2.37. The van der Waals surface area contributed by atoms with Gasteiger partial charge in [-0.2, -0.15) is 13.2 Å². The number of halogens is 3. The first-order valence-corrected chi connectivity index (χ1v) is 15.2. The van der Waals surface area contributed by atoms with E-state index in [2.05, 4.69) is 4.98 Å². The first kappa shape index (κ1) is 32.1. The smallest absolute Gasteiger partial charge is 0.416 e. The molecule has 2 aromatic heterocycles. The van der Waals surface area contributed by atoms with Gasteiger partial charge >= 0.3 is 18.2 Å². The predicted octanol–water partition coefficient (Wildman–Crippen LogP) is 7.50. The van der Waals surface area contributed by atoms with Crippen LogP contribution >= 0.6 is 11.3 Å². The maximum Gasteiger partial charge on any atom is 0.416 e. The number of fused-ring (bicyclic) bond motifs is 1. The topological polar surface area (TPSA) is 92.1 Å². The molecule has 13 heteroatoms. The third-order valence-corrected chi connectivity index (χ3v) is 8.37. The summed E-state index contributed by atoms with van der Waals surface area (Å²) in [6.45, 7) is 6.82. The van der Waals surface area contributed by atoms with Crippen molar-refractivity contribution in [2.24, 2.45) is 5.92 Å². The average molecular weight is 646 g/mol. The number of benzene rings is 2. The predicted molar refractivity (Wildman–Crippen MR) is 162 cm³/mol. The second-order valence-corrected chi connectivity index (χ2v) is 12.7. The summed E-state index contributed by atoms with van der Waals surface area (Å²) in [4.78, 5) is 31.2. The molecular formula is C32H34F3N3O6S. The number of aromatic nitrogens is 2. The number of carbonyl (C=O) groups excluding carboxylic acids is 2. The van der Waals surface area contributed by atoms with Crippen LogP contribution in [0.4, 0.5) is 18.0 Å². The van der Waals surface area contributed by atoms with E-state index in [4.69, 9.17) is 18.9 Å². The van der Waals surface area contributed by atoms with Crippen molar-refractivity contribution >= 4 is 34.4 Å². The second-order valence-electron chi connectivity index (χ2n) is 11.7. The fourth-order valence-corrected chi connectivity index (χ4v) is 5.98. The van der Waals surface area contributed by atoms with E-state index in [9.17, 15) is 22.8 Å². The lowest BCUT2D eigenvalue weighted by molar-refractivity contribution is -0.138. The minimum absolute atomic E-state index is 0.0565. The van der Waals surface area contributed by atoms with Crippen LogP contribution in [0.5, 0.6) is 11.5 Å². The molecule has 0 aliphatic carbocycles. The Labute approximate surface area is 262 Å². The number of piperidine rings is 1. The lowest BCUT2D eigenvalue weighted by Crippen LogP contribution is -2.42. The van der Waals surface area contributed by atoms with Gasteiger partial charge < -0.3 is 23.8 Å². The van der Waals surface area contributed by atoms with Gasteiger partial charge in [0.1, 0.15) is 35.0 Å². The molecule has 1 fully saturated rings. The van der Waals surface area contributed by atoms with E-state index in [-0.39, 0.29) is 28.2 Å². The van der Waals surface area contributed by atoms with Crippen LogP contribution in [-0.2, 0) is 22.3 Å². The van der Waals surface area contributed by atoms with Crippen LogP contribution < -0.4 is 9.47 Å². The van der Waals surface area contributed by atoms with Crippen LogP contribution in [-0.4, -0.2) is 58.9 Å². The molecule has 0 N–H and O–H groups in total. The Balaban J connectivity index is 1.29. The van der Waals surface area contributed by atoms with Crippen LogP contribution in [0.3, 0.4) is 0 Å². The summed E-state index contributed by atoms with van der Waals surface area (Å²) in [6.07, 6.45) is -1.67. The molecule has 1 aliphatic heterocycles. The molecule has 4 aromatic rings. The summed E-state index contributed by atoms with van der Waals surface area (Å²) >= 11 is 1.08. The van der Waals surface area contributed by atoms with Crippen molar-refractivity contribution in [3.63, 3.8) is 0 Å². The molecule has 2 aromatic carbocycles. The number of imidazole rings is 1. The summed E-state index contributed by atoms with van der Waals surface area (Å²) in [6, 6.07) is 12.2. The SMILES string of the molecule is COC(=O)c1sc(-n2cnc3ccc(OCC4CCN(C(=O)OC(C)(C)C)CC4)cc32)cc1OCc1ccccc1C(F)(F)F. The van der Waals surface area contributed by atoms with Crippen molar-refractivity contribution in [1.29, 1.82) is 0 Å². The third kappa shape index (κ3) is 7.70. The highest BCUT2D eigenvalue weighted by atomic mass is 32.1. The molecule has 1 amide bonds. The number of alkyl halides is 3. The number of hydrogen-bond donors (Lipinski definition) is 0. The molecule has 5 rings (SSSR count). The molecule has 240 valence electrons. The quantitative estimate of drug-likeness (QED) is 0.183. The summed E-state index contributed by atoms with van der Waals surface area (Å²) in [5, 5.41) is 0.559. The van der Waals surface area contributed by atoms with E-state index in [1.54, 1.807) is 21.9 Å². The summed E-state index contributed by atoms with van der Waals surface area (Å²) < 4.78 is 64.5. The van der Waals surface area contributed by atoms with Crippen LogP contribution in [0.1, 0.15) is 54.4 Å². The van der Waals surface area contributed by atoms with E-state index in [1.807, 2.05) is 39.0 Å². The van der Waals surface area contributed by atoms with Crippen molar-refractivity contribution in [3.05, 3.63) is 70.9 Å². The van der Waals surface area contributed by atoms with Gasteiger partial charge in [0.15, 0.2) is 4.88 Å². The molecule has 3 heterocycles. The van der Waals surface area contributed by atoms with Crippen molar-refractivity contribution in [1.82, 2.24) is 14.5 Å². The van der Waals surface area contributed by atoms with Gasteiger partial charge in [-0.3, -0.25) is 4.57 Å². The zero-order valence-corrected chi connectivity index (χ0v) is 26.2. The molecule has 0 unspecified atom stereocenters. The molecule has 0 bridgehead atoms. The van der Waals surface area contributed by atoms with E-state index >= 15 is 0 Å². The van der Waals surface area contributed by atoms with E-state index in [0.29, 0.717) is 41.5 Å². The van der Waals surface area contributed by atoms with Crippen molar-refractivity contribution in [2.75, 3.05) is 26.8 Å². The number of rotatable bonds is 8. The standard InChI is InChI=1S/C32H34F3N3O6S/c1-31(2,3)44-30(40)37-13-11-20(12-14-37)17-42-22-9-10-24-25(15-22)38(19-36-24)27-16-26(28(45-27)29(39)41-4)43-18-21-7-5-6-8-23(21)32(33,34)35/h5-10,15-16,19-20H,11-14,17-18H2,1-4H3. The number of ether oxygens (including phenoxy) is 4. The van der Waals surface area contributed by atoms with Crippen molar-refractivity contribution < 1.29 is 41.7 Å². The van der Waals surface area contributed by atoms with Gasteiger partial charge in [0.2, 0.25) is 0 Å². The fourth-order valence-electron chi connectivity index (χ4n) is 4.98. The lowest BCUT2D eigenvalue weighted by Gasteiger charge is -2.33. The fraction of sp³-hybridized carbons (Fsp3) is 0.406. The van der Waals surface area contributed by atoms with Crippen LogP contribution in [0.15, 0.2) is 54.9 Å². The summed E-state index contributed by atoms with van der Waals surface area (Å²) in [5.74, 6) is 0.331. The van der Waals surface area contributed by atoms with Gasteiger partial charge in [-0.25, -0.2) is 14.6 Å². The number of likely N-dealkylation sites (tertiary alicyclic amines) is 1. The van der Waals surface area contributed by atoms with Gasteiger partial charge in [0.05, 0.1) is 30.3 Å². The molecule has 0 atom stereocenters. The number of amides is 1. The molecule has 0 spiro atoms. The second kappa shape index (κ2) is 13.0. The van der Waals surface area contributed by atoms with Gasteiger partial charge in [-0.05, 0) is 57.7 Å². The average Bonchev–Trinajstić information content (AvgIpc) is 3.61. The number of carbonyl (C=O) groups is 2. The zero-order valence-electron chi connectivity index (χ0n) is 25.3. The Morgan fingerprint density at radius 1 is 1.02 bits per heavy atom.